The number of aromatic nitrogens is 1. The van der Waals surface area contributed by atoms with Crippen molar-refractivity contribution in [2.45, 2.75) is 31.7 Å². The standard InChI is InChI=1S/C21H22FN3O2/c22-17-4-2-1-3-16(17)13-19(26)25-11-7-21(8-12-25)14-18(21)24-20(27)15-5-9-23-10-6-15/h1-6,9-10,18H,7-8,11-14H2,(H,24,27). The van der Waals surface area contributed by atoms with E-state index < -0.39 is 0 Å². The molecular weight excluding hydrogens is 345 g/mol. The van der Waals surface area contributed by atoms with Crippen LogP contribution >= 0.6 is 0 Å². The third-order valence-corrected chi connectivity index (χ3v) is 5.85. The number of hydrogen-bond acceptors (Lipinski definition) is 3. The molecule has 1 aromatic carbocycles. The maximum atomic E-state index is 13.7. The molecular formula is C21H22FN3O2. The lowest BCUT2D eigenvalue weighted by Gasteiger charge is -2.33. The molecule has 6 heteroatoms. The van der Waals surface area contributed by atoms with Crippen molar-refractivity contribution in [1.29, 1.82) is 0 Å². The van der Waals surface area contributed by atoms with E-state index in [2.05, 4.69) is 10.3 Å². The molecule has 1 aliphatic carbocycles. The first-order chi connectivity index (χ1) is 13.1. The fourth-order valence-corrected chi connectivity index (χ4v) is 3.97. The van der Waals surface area contributed by atoms with Crippen molar-refractivity contribution in [3.63, 3.8) is 0 Å². The molecule has 140 valence electrons. The van der Waals surface area contributed by atoms with Crippen LogP contribution in [-0.4, -0.2) is 40.8 Å². The van der Waals surface area contributed by atoms with Gasteiger partial charge < -0.3 is 10.2 Å². The van der Waals surface area contributed by atoms with Crippen molar-refractivity contribution < 1.29 is 14.0 Å². The Morgan fingerprint density at radius 1 is 1.15 bits per heavy atom. The number of benzene rings is 1. The highest BCUT2D eigenvalue weighted by atomic mass is 19.1. The van der Waals surface area contributed by atoms with Gasteiger partial charge in [0, 0.05) is 37.1 Å². The molecule has 1 saturated heterocycles. The van der Waals surface area contributed by atoms with Gasteiger partial charge in [0.2, 0.25) is 5.91 Å². The van der Waals surface area contributed by atoms with Crippen molar-refractivity contribution in [3.05, 3.63) is 65.7 Å². The minimum absolute atomic E-state index is 0.0343. The lowest BCUT2D eigenvalue weighted by molar-refractivity contribution is -0.132. The van der Waals surface area contributed by atoms with Gasteiger partial charge in [0.15, 0.2) is 0 Å². The Hall–Kier alpha value is -2.76. The summed E-state index contributed by atoms with van der Waals surface area (Å²) in [4.78, 5) is 30.5. The number of amides is 2. The fourth-order valence-electron chi connectivity index (χ4n) is 3.97. The summed E-state index contributed by atoms with van der Waals surface area (Å²) in [5.41, 5.74) is 1.17. The second-order valence-electron chi connectivity index (χ2n) is 7.48. The number of halogens is 1. The fraction of sp³-hybridized carbons (Fsp3) is 0.381. The molecule has 1 saturated carbocycles. The number of nitrogens with zero attached hydrogens (tertiary/aromatic N) is 2. The summed E-state index contributed by atoms with van der Waals surface area (Å²) in [5, 5.41) is 3.10. The van der Waals surface area contributed by atoms with E-state index in [0.29, 0.717) is 24.2 Å². The summed E-state index contributed by atoms with van der Waals surface area (Å²) in [5.74, 6) is -0.439. The highest BCUT2D eigenvalue weighted by molar-refractivity contribution is 5.94. The zero-order chi connectivity index (χ0) is 18.9. The largest absolute Gasteiger partial charge is 0.349 e. The molecule has 1 atom stereocenters. The van der Waals surface area contributed by atoms with Crippen LogP contribution in [0.4, 0.5) is 4.39 Å². The van der Waals surface area contributed by atoms with Crippen LogP contribution in [0.25, 0.3) is 0 Å². The van der Waals surface area contributed by atoms with Gasteiger partial charge in [-0.05, 0) is 48.4 Å². The Morgan fingerprint density at radius 3 is 2.56 bits per heavy atom. The van der Waals surface area contributed by atoms with Crippen molar-refractivity contribution in [2.75, 3.05) is 13.1 Å². The molecule has 1 spiro atoms. The molecule has 2 heterocycles. The number of carbonyl (C=O) groups excluding carboxylic acids is 2. The van der Waals surface area contributed by atoms with Gasteiger partial charge in [-0.15, -0.1) is 0 Å². The van der Waals surface area contributed by atoms with E-state index in [1.165, 1.54) is 6.07 Å². The number of carbonyl (C=O) groups is 2. The zero-order valence-corrected chi connectivity index (χ0v) is 15.0. The number of piperidine rings is 1. The van der Waals surface area contributed by atoms with Crippen LogP contribution in [0.5, 0.6) is 0 Å². The highest BCUT2D eigenvalue weighted by Crippen LogP contribution is 2.54. The summed E-state index contributed by atoms with van der Waals surface area (Å²) in [7, 11) is 0. The maximum Gasteiger partial charge on any atom is 0.251 e. The van der Waals surface area contributed by atoms with Crippen LogP contribution in [0.3, 0.4) is 0 Å². The van der Waals surface area contributed by atoms with E-state index in [-0.39, 0.29) is 35.5 Å². The minimum atomic E-state index is -0.333. The predicted molar refractivity (Wildman–Crippen MR) is 98.5 cm³/mol. The van der Waals surface area contributed by atoms with E-state index in [0.717, 1.165) is 19.3 Å². The van der Waals surface area contributed by atoms with Crippen molar-refractivity contribution in [1.82, 2.24) is 15.2 Å². The van der Waals surface area contributed by atoms with E-state index in [4.69, 9.17) is 0 Å². The smallest absolute Gasteiger partial charge is 0.251 e. The monoisotopic (exact) mass is 367 g/mol. The molecule has 2 aromatic rings. The SMILES string of the molecule is O=C(NC1CC12CCN(C(=O)Cc1ccccc1F)CC2)c1ccncc1. The number of nitrogens with one attached hydrogen (secondary N) is 1. The average Bonchev–Trinajstić information content (AvgIpc) is 3.35. The first-order valence-electron chi connectivity index (χ1n) is 9.29. The number of rotatable bonds is 4. The van der Waals surface area contributed by atoms with Crippen molar-refractivity contribution in [3.8, 4) is 0 Å². The second kappa shape index (κ2) is 7.10. The highest BCUT2D eigenvalue weighted by Gasteiger charge is 2.55. The number of pyridine rings is 1. The quantitative estimate of drug-likeness (QED) is 0.903. The van der Waals surface area contributed by atoms with Gasteiger partial charge in [-0.25, -0.2) is 4.39 Å². The Bertz CT molecular complexity index is 848. The van der Waals surface area contributed by atoms with Gasteiger partial charge in [0.1, 0.15) is 5.82 Å². The lowest BCUT2D eigenvalue weighted by Crippen LogP contribution is -2.42. The van der Waals surface area contributed by atoms with Gasteiger partial charge in [0.05, 0.1) is 6.42 Å². The summed E-state index contributed by atoms with van der Waals surface area (Å²) in [6.45, 7) is 1.32. The van der Waals surface area contributed by atoms with Crippen molar-refractivity contribution >= 4 is 11.8 Å². The molecule has 2 amide bonds. The molecule has 0 bridgehead atoms. The van der Waals surface area contributed by atoms with Crippen LogP contribution in [0, 0.1) is 11.2 Å². The molecule has 4 rings (SSSR count). The molecule has 5 nitrogen and oxygen atoms in total. The van der Waals surface area contributed by atoms with Crippen LogP contribution in [-0.2, 0) is 11.2 Å². The van der Waals surface area contributed by atoms with Gasteiger partial charge in [-0.2, -0.15) is 0 Å². The Morgan fingerprint density at radius 2 is 1.85 bits per heavy atom. The Labute approximate surface area is 157 Å². The predicted octanol–water partition coefficient (Wildman–Crippen LogP) is 2.57. The van der Waals surface area contributed by atoms with Crippen LogP contribution in [0.2, 0.25) is 0 Å². The van der Waals surface area contributed by atoms with Gasteiger partial charge in [-0.3, -0.25) is 14.6 Å². The molecule has 1 unspecified atom stereocenters. The summed E-state index contributed by atoms with van der Waals surface area (Å²) in [6, 6.07) is 9.99. The number of likely N-dealkylation sites (tertiary alicyclic amines) is 1. The summed E-state index contributed by atoms with van der Waals surface area (Å²) >= 11 is 0. The van der Waals surface area contributed by atoms with E-state index in [9.17, 15) is 14.0 Å². The van der Waals surface area contributed by atoms with Crippen LogP contribution in [0.1, 0.15) is 35.2 Å². The number of hydrogen-bond donors (Lipinski definition) is 1. The molecule has 1 aliphatic heterocycles. The summed E-state index contributed by atoms with van der Waals surface area (Å²) in [6.07, 6.45) is 6.02. The van der Waals surface area contributed by atoms with Crippen LogP contribution < -0.4 is 5.32 Å². The van der Waals surface area contributed by atoms with Gasteiger partial charge in [-0.1, -0.05) is 18.2 Å². The normalized spacial score (nSPS) is 20.3. The van der Waals surface area contributed by atoms with Crippen LogP contribution in [0.15, 0.2) is 48.8 Å². The summed E-state index contributed by atoms with van der Waals surface area (Å²) < 4.78 is 13.7. The first kappa shape index (κ1) is 17.6. The average molecular weight is 367 g/mol. The molecule has 2 fully saturated rings. The molecule has 0 radical (unpaired) electrons. The maximum absolute atomic E-state index is 13.7. The molecule has 2 aliphatic rings. The van der Waals surface area contributed by atoms with Gasteiger partial charge in [0.25, 0.3) is 5.91 Å². The molecule has 1 N–H and O–H groups in total. The van der Waals surface area contributed by atoms with E-state index in [1.807, 2.05) is 4.90 Å². The Balaban J connectivity index is 1.29. The topological polar surface area (TPSA) is 62.3 Å². The third kappa shape index (κ3) is 3.70. The third-order valence-electron chi connectivity index (χ3n) is 5.85. The van der Waals surface area contributed by atoms with E-state index >= 15 is 0 Å². The van der Waals surface area contributed by atoms with Gasteiger partial charge >= 0.3 is 0 Å². The first-order valence-corrected chi connectivity index (χ1v) is 9.29. The molecule has 27 heavy (non-hydrogen) atoms. The lowest BCUT2D eigenvalue weighted by atomic mass is 9.92. The second-order valence-corrected chi connectivity index (χ2v) is 7.48. The Kier molecular flexibility index (Phi) is 4.64. The minimum Gasteiger partial charge on any atom is -0.349 e. The van der Waals surface area contributed by atoms with E-state index in [1.54, 1.807) is 42.7 Å². The zero-order valence-electron chi connectivity index (χ0n) is 15.0. The molecule has 1 aromatic heterocycles. The van der Waals surface area contributed by atoms with Crippen molar-refractivity contribution in [2.24, 2.45) is 5.41 Å².